The Morgan fingerprint density at radius 2 is 2.37 bits per heavy atom. The van der Waals surface area contributed by atoms with E-state index in [-0.39, 0.29) is 12.0 Å². The van der Waals surface area contributed by atoms with E-state index in [0.717, 1.165) is 37.3 Å². The van der Waals surface area contributed by atoms with Crippen LogP contribution in [0.3, 0.4) is 0 Å². The van der Waals surface area contributed by atoms with Gasteiger partial charge in [0.1, 0.15) is 0 Å². The van der Waals surface area contributed by atoms with E-state index >= 15 is 0 Å². The Morgan fingerprint density at radius 3 is 3.21 bits per heavy atom. The molecule has 4 aliphatic rings. The van der Waals surface area contributed by atoms with Crippen LogP contribution in [0.2, 0.25) is 0 Å². The average molecular weight is 256 g/mol. The number of amides is 1. The van der Waals surface area contributed by atoms with Crippen LogP contribution >= 0.6 is 0 Å². The number of allylic oxidation sites excluding steroid dienone is 6. The summed E-state index contributed by atoms with van der Waals surface area (Å²) >= 11 is 0. The molecule has 4 nitrogen and oxygen atoms in total. The smallest absolute Gasteiger partial charge is 0.252 e. The third-order valence-corrected chi connectivity index (χ3v) is 4.01. The first-order chi connectivity index (χ1) is 9.33. The van der Waals surface area contributed by atoms with Crippen molar-refractivity contribution in [2.75, 3.05) is 26.2 Å². The molecule has 1 heterocycles. The van der Waals surface area contributed by atoms with Gasteiger partial charge in [-0.2, -0.15) is 0 Å². The Balaban J connectivity index is 1.42. The summed E-state index contributed by atoms with van der Waals surface area (Å²) in [4.78, 5) is 12.2. The predicted molar refractivity (Wildman–Crippen MR) is 71.5 cm³/mol. The summed E-state index contributed by atoms with van der Waals surface area (Å²) < 4.78 is 5.57. The van der Waals surface area contributed by atoms with Crippen molar-refractivity contribution in [3.63, 3.8) is 0 Å². The maximum atomic E-state index is 12.2. The van der Waals surface area contributed by atoms with Crippen molar-refractivity contribution in [1.82, 2.24) is 10.6 Å². The lowest BCUT2D eigenvalue weighted by atomic mass is 10.1. The van der Waals surface area contributed by atoms with Crippen molar-refractivity contribution in [3.05, 3.63) is 46.1 Å². The van der Waals surface area contributed by atoms with Crippen molar-refractivity contribution < 1.29 is 9.53 Å². The standard InChI is InChI=1S/C15H16N2O2/c18-15(17-8-10-7-16-3-4-19-10)12-2-1-11-13-5-9(13)6-14(11)12/h1-2,6,10,16H,3-5,7-8H2,(H,17,18). The minimum absolute atomic E-state index is 0.00849. The molecule has 1 aliphatic heterocycles. The number of hydrogen-bond acceptors (Lipinski definition) is 3. The molecule has 0 aromatic carbocycles. The highest BCUT2D eigenvalue weighted by molar-refractivity contribution is 6.01. The molecule has 1 saturated carbocycles. The van der Waals surface area contributed by atoms with Crippen LogP contribution in [0.1, 0.15) is 6.42 Å². The molecule has 4 rings (SSSR count). The van der Waals surface area contributed by atoms with Crippen LogP contribution in [0.4, 0.5) is 0 Å². The molecule has 2 N–H and O–H groups in total. The van der Waals surface area contributed by atoms with Gasteiger partial charge in [-0.3, -0.25) is 4.79 Å². The van der Waals surface area contributed by atoms with Gasteiger partial charge in [-0.05, 0) is 40.9 Å². The van der Waals surface area contributed by atoms with Gasteiger partial charge in [-0.1, -0.05) is 6.08 Å². The fraction of sp³-hybridized carbons (Fsp3) is 0.400. The highest BCUT2D eigenvalue weighted by Crippen LogP contribution is 2.51. The summed E-state index contributed by atoms with van der Waals surface area (Å²) in [6.07, 6.45) is 7.34. The van der Waals surface area contributed by atoms with E-state index in [2.05, 4.69) is 22.8 Å². The SMILES string of the molecule is O=C(NCC1CNCCO1)C1=C2C=C3CC3=C2C=C1. The number of fused-ring (bicyclic) bond motifs is 2. The maximum absolute atomic E-state index is 12.2. The number of nitrogens with one attached hydrogen (secondary N) is 2. The zero-order chi connectivity index (χ0) is 12.8. The van der Waals surface area contributed by atoms with Crippen LogP contribution in [0.5, 0.6) is 0 Å². The Bertz CT molecular complexity index is 575. The molecule has 0 aromatic rings. The van der Waals surface area contributed by atoms with Crippen LogP contribution in [-0.2, 0) is 9.53 Å². The van der Waals surface area contributed by atoms with Crippen LogP contribution in [0.25, 0.3) is 0 Å². The molecule has 19 heavy (non-hydrogen) atoms. The average Bonchev–Trinajstić information content (AvgIpc) is 2.93. The Labute approximate surface area is 111 Å². The Morgan fingerprint density at radius 1 is 1.42 bits per heavy atom. The molecule has 0 aromatic heterocycles. The zero-order valence-corrected chi connectivity index (χ0v) is 10.7. The highest BCUT2D eigenvalue weighted by atomic mass is 16.5. The third-order valence-electron chi connectivity index (χ3n) is 4.01. The van der Waals surface area contributed by atoms with Crippen molar-refractivity contribution in [2.45, 2.75) is 12.5 Å². The summed E-state index contributed by atoms with van der Waals surface area (Å²) in [5.74, 6) is 0.00849. The maximum Gasteiger partial charge on any atom is 0.252 e. The van der Waals surface area contributed by atoms with E-state index < -0.39 is 0 Å². The third kappa shape index (κ3) is 1.88. The molecule has 1 unspecified atom stereocenters. The van der Waals surface area contributed by atoms with Crippen molar-refractivity contribution in [1.29, 1.82) is 0 Å². The van der Waals surface area contributed by atoms with Gasteiger partial charge in [-0.15, -0.1) is 0 Å². The summed E-state index contributed by atoms with van der Waals surface area (Å²) in [7, 11) is 0. The molecule has 4 heteroatoms. The highest BCUT2D eigenvalue weighted by Gasteiger charge is 2.35. The largest absolute Gasteiger partial charge is 0.374 e. The van der Waals surface area contributed by atoms with Gasteiger partial charge in [0.2, 0.25) is 0 Å². The lowest BCUT2D eigenvalue weighted by molar-refractivity contribution is -0.118. The summed E-state index contributed by atoms with van der Waals surface area (Å²) in [5, 5.41) is 6.23. The first kappa shape index (κ1) is 11.2. The van der Waals surface area contributed by atoms with Crippen molar-refractivity contribution in [3.8, 4) is 0 Å². The van der Waals surface area contributed by atoms with Crippen molar-refractivity contribution in [2.24, 2.45) is 0 Å². The van der Waals surface area contributed by atoms with E-state index in [1.165, 1.54) is 16.7 Å². The zero-order valence-electron chi connectivity index (χ0n) is 10.7. The minimum Gasteiger partial charge on any atom is -0.374 e. The summed E-state index contributed by atoms with van der Waals surface area (Å²) in [6, 6.07) is 0. The van der Waals surface area contributed by atoms with E-state index in [9.17, 15) is 4.79 Å². The summed E-state index contributed by atoms with van der Waals surface area (Å²) in [5.41, 5.74) is 5.99. The summed E-state index contributed by atoms with van der Waals surface area (Å²) in [6.45, 7) is 2.99. The second-order valence-corrected chi connectivity index (χ2v) is 5.31. The van der Waals surface area contributed by atoms with Gasteiger partial charge in [0, 0.05) is 25.2 Å². The van der Waals surface area contributed by atoms with Gasteiger partial charge in [0.15, 0.2) is 0 Å². The normalized spacial score (nSPS) is 27.4. The fourth-order valence-corrected chi connectivity index (χ4v) is 2.89. The van der Waals surface area contributed by atoms with Crippen LogP contribution in [-0.4, -0.2) is 38.3 Å². The molecule has 0 radical (unpaired) electrons. The Hall–Kier alpha value is -1.65. The molecular formula is C15H16N2O2. The molecule has 2 fully saturated rings. The Kier molecular flexibility index (Phi) is 2.47. The van der Waals surface area contributed by atoms with Gasteiger partial charge < -0.3 is 15.4 Å². The van der Waals surface area contributed by atoms with E-state index in [1.54, 1.807) is 0 Å². The topological polar surface area (TPSA) is 50.4 Å². The van der Waals surface area contributed by atoms with E-state index in [4.69, 9.17) is 4.74 Å². The quantitative estimate of drug-likeness (QED) is 0.777. The number of hydrogen-bond donors (Lipinski definition) is 2. The molecule has 98 valence electrons. The number of ether oxygens (including phenoxy) is 1. The molecule has 1 atom stereocenters. The molecule has 1 amide bonds. The minimum atomic E-state index is 0.00849. The molecular weight excluding hydrogens is 240 g/mol. The fourth-order valence-electron chi connectivity index (χ4n) is 2.89. The molecule has 0 bridgehead atoms. The number of morpholine rings is 1. The monoisotopic (exact) mass is 256 g/mol. The first-order valence-electron chi connectivity index (χ1n) is 6.80. The number of carbonyl (C=O) groups is 1. The van der Waals surface area contributed by atoms with Crippen LogP contribution < -0.4 is 10.6 Å². The van der Waals surface area contributed by atoms with Gasteiger partial charge in [-0.25, -0.2) is 0 Å². The first-order valence-corrected chi connectivity index (χ1v) is 6.80. The molecule has 3 aliphatic carbocycles. The van der Waals surface area contributed by atoms with E-state index in [1.807, 2.05) is 6.08 Å². The molecule has 1 saturated heterocycles. The second-order valence-electron chi connectivity index (χ2n) is 5.31. The molecule has 0 spiro atoms. The van der Waals surface area contributed by atoms with E-state index in [0.29, 0.717) is 6.54 Å². The second kappa shape index (κ2) is 4.18. The van der Waals surface area contributed by atoms with Gasteiger partial charge >= 0.3 is 0 Å². The predicted octanol–water partition coefficient (Wildman–Crippen LogP) is 0.598. The lowest BCUT2D eigenvalue weighted by Gasteiger charge is -2.23. The lowest BCUT2D eigenvalue weighted by Crippen LogP contribution is -2.45. The number of carbonyl (C=O) groups excluding carboxylic acids is 1. The van der Waals surface area contributed by atoms with Crippen LogP contribution in [0.15, 0.2) is 46.1 Å². The van der Waals surface area contributed by atoms with Crippen molar-refractivity contribution >= 4 is 5.91 Å². The van der Waals surface area contributed by atoms with Gasteiger partial charge in [0.25, 0.3) is 5.91 Å². The number of rotatable bonds is 3. The van der Waals surface area contributed by atoms with Crippen LogP contribution in [0, 0.1) is 0 Å². The van der Waals surface area contributed by atoms with Gasteiger partial charge in [0.05, 0.1) is 12.7 Å².